The molecule has 0 aliphatic rings. The summed E-state index contributed by atoms with van der Waals surface area (Å²) < 4.78 is 0. The summed E-state index contributed by atoms with van der Waals surface area (Å²) in [5, 5.41) is 4.87. The molecule has 1 amide bonds. The van der Waals surface area contributed by atoms with Crippen molar-refractivity contribution < 1.29 is 6.22 Å². The number of hydrogen-bond donors (Lipinski definition) is 1. The molecule has 1 N–H and O–H groups in total. The van der Waals surface area contributed by atoms with E-state index in [1.165, 1.54) is 0 Å². The highest BCUT2D eigenvalue weighted by Gasteiger charge is 1.96. The van der Waals surface area contributed by atoms with Crippen molar-refractivity contribution in [1.82, 2.24) is 0 Å². The van der Waals surface area contributed by atoms with Gasteiger partial charge in [0.05, 0.1) is 0 Å². The van der Waals surface area contributed by atoms with Gasteiger partial charge in [-0.1, -0.05) is 36.4 Å². The lowest BCUT2D eigenvalue weighted by Crippen LogP contribution is -1.93. The van der Waals surface area contributed by atoms with E-state index in [2.05, 4.69) is 5.32 Å². The van der Waals surface area contributed by atoms with E-state index in [1.807, 2.05) is 42.5 Å². The van der Waals surface area contributed by atoms with Crippen LogP contribution in [0.1, 0.15) is 1.43 Å². The SMILES string of the molecule is O=CNc1cccc2ccccc12.[H+]. The molecule has 2 aromatic carbocycles. The molecule has 2 aromatic rings. The Kier molecular flexibility index (Phi) is 1.96. The van der Waals surface area contributed by atoms with Gasteiger partial charge in [0.1, 0.15) is 0 Å². The molecule has 0 aliphatic carbocycles. The monoisotopic (exact) mass is 172 g/mol. The first-order valence-electron chi connectivity index (χ1n) is 4.10. The standard InChI is InChI=1S/C11H9NO/c13-8-12-11-7-3-5-9-4-1-2-6-10(9)11/h1-8H,(H,12,13)/p+1. The van der Waals surface area contributed by atoms with Crippen LogP contribution in [-0.4, -0.2) is 6.41 Å². The molecule has 0 aliphatic heterocycles. The molecule has 2 heteroatoms. The van der Waals surface area contributed by atoms with Gasteiger partial charge in [0.15, 0.2) is 0 Å². The maximum atomic E-state index is 10.3. The van der Waals surface area contributed by atoms with Crippen molar-refractivity contribution in [3.8, 4) is 0 Å². The summed E-state index contributed by atoms with van der Waals surface area (Å²) in [7, 11) is 0. The Morgan fingerprint density at radius 1 is 1.08 bits per heavy atom. The van der Waals surface area contributed by atoms with Gasteiger partial charge in [-0.25, -0.2) is 0 Å². The minimum atomic E-state index is 0. The van der Waals surface area contributed by atoms with Crippen molar-refractivity contribution in [3.63, 3.8) is 0 Å². The van der Waals surface area contributed by atoms with Crippen molar-refractivity contribution >= 4 is 22.9 Å². The maximum Gasteiger partial charge on any atom is 1.00 e. The molecule has 2 nitrogen and oxygen atoms in total. The van der Waals surface area contributed by atoms with Crippen LogP contribution in [0.3, 0.4) is 0 Å². The van der Waals surface area contributed by atoms with E-state index in [0.717, 1.165) is 16.5 Å². The summed E-state index contributed by atoms with van der Waals surface area (Å²) in [6.07, 6.45) is 0.696. The van der Waals surface area contributed by atoms with Gasteiger partial charge in [-0.05, 0) is 11.5 Å². The molecule has 0 saturated carbocycles. The van der Waals surface area contributed by atoms with Crippen LogP contribution in [0.15, 0.2) is 42.5 Å². The predicted octanol–water partition coefficient (Wildman–Crippen LogP) is 2.52. The van der Waals surface area contributed by atoms with Crippen LogP contribution in [0, 0.1) is 0 Å². The summed E-state index contributed by atoms with van der Waals surface area (Å²) in [6.45, 7) is 0. The smallest absolute Gasteiger partial charge is 0.328 e. The molecular weight excluding hydrogens is 162 g/mol. The molecule has 0 saturated heterocycles. The first-order chi connectivity index (χ1) is 6.42. The Labute approximate surface area is 77.7 Å². The number of hydrogen-bond acceptors (Lipinski definition) is 1. The van der Waals surface area contributed by atoms with E-state index < -0.39 is 0 Å². The van der Waals surface area contributed by atoms with Gasteiger partial charge in [0, 0.05) is 11.1 Å². The second kappa shape index (κ2) is 3.27. The van der Waals surface area contributed by atoms with Crippen LogP contribution >= 0.6 is 0 Å². The number of nitrogens with one attached hydrogen (secondary N) is 1. The van der Waals surface area contributed by atoms with E-state index in [4.69, 9.17) is 0 Å². The van der Waals surface area contributed by atoms with Crippen LogP contribution in [-0.2, 0) is 4.79 Å². The fourth-order valence-electron chi connectivity index (χ4n) is 1.41. The van der Waals surface area contributed by atoms with Crippen molar-refractivity contribution in [3.05, 3.63) is 42.5 Å². The van der Waals surface area contributed by atoms with Crippen LogP contribution in [0.5, 0.6) is 0 Å². The molecule has 64 valence electrons. The first kappa shape index (κ1) is 7.80. The number of benzene rings is 2. The molecule has 0 bridgehead atoms. The molecule has 0 atom stereocenters. The predicted molar refractivity (Wildman–Crippen MR) is 54.7 cm³/mol. The second-order valence-corrected chi connectivity index (χ2v) is 2.79. The lowest BCUT2D eigenvalue weighted by Gasteiger charge is -2.03. The van der Waals surface area contributed by atoms with Crippen molar-refractivity contribution in [2.24, 2.45) is 0 Å². The highest BCUT2D eigenvalue weighted by atomic mass is 16.1. The van der Waals surface area contributed by atoms with Crippen molar-refractivity contribution in [2.45, 2.75) is 0 Å². The Morgan fingerprint density at radius 3 is 2.69 bits per heavy atom. The van der Waals surface area contributed by atoms with Gasteiger partial charge in [-0.15, -0.1) is 0 Å². The zero-order valence-electron chi connectivity index (χ0n) is 8.03. The Bertz CT molecular complexity index is 437. The zero-order chi connectivity index (χ0) is 9.10. The molecule has 0 fully saturated rings. The summed E-state index contributed by atoms with van der Waals surface area (Å²) in [6, 6.07) is 13.8. The van der Waals surface area contributed by atoms with Gasteiger partial charge in [-0.2, -0.15) is 0 Å². The normalized spacial score (nSPS) is 9.85. The largest absolute Gasteiger partial charge is 1.00 e. The fourth-order valence-corrected chi connectivity index (χ4v) is 1.41. The number of fused-ring (bicyclic) bond motifs is 1. The number of rotatable bonds is 2. The molecular formula is C11H10NO+. The van der Waals surface area contributed by atoms with Gasteiger partial charge in [-0.3, -0.25) is 4.79 Å². The molecule has 0 aromatic heterocycles. The average molecular weight is 172 g/mol. The van der Waals surface area contributed by atoms with Crippen LogP contribution in [0.25, 0.3) is 10.8 Å². The minimum absolute atomic E-state index is 0. The molecule has 13 heavy (non-hydrogen) atoms. The fraction of sp³-hybridized carbons (Fsp3) is 0. The molecule has 0 radical (unpaired) electrons. The molecule has 0 spiro atoms. The lowest BCUT2D eigenvalue weighted by atomic mass is 10.1. The van der Waals surface area contributed by atoms with Crippen LogP contribution in [0.2, 0.25) is 0 Å². The third-order valence-electron chi connectivity index (χ3n) is 2.00. The van der Waals surface area contributed by atoms with E-state index in [1.54, 1.807) is 0 Å². The van der Waals surface area contributed by atoms with E-state index >= 15 is 0 Å². The summed E-state index contributed by atoms with van der Waals surface area (Å²) in [5.41, 5.74) is 0.855. The van der Waals surface area contributed by atoms with Gasteiger partial charge < -0.3 is 5.32 Å². The number of carbonyl (C=O) groups is 1. The molecule has 0 unspecified atom stereocenters. The topological polar surface area (TPSA) is 29.1 Å². The number of anilines is 1. The van der Waals surface area contributed by atoms with Crippen molar-refractivity contribution in [2.75, 3.05) is 5.32 Å². The van der Waals surface area contributed by atoms with Crippen LogP contribution < -0.4 is 5.32 Å². The summed E-state index contributed by atoms with van der Waals surface area (Å²) in [4.78, 5) is 10.3. The Balaban J connectivity index is 0.000000980. The van der Waals surface area contributed by atoms with Gasteiger partial charge >= 0.3 is 1.43 Å². The second-order valence-electron chi connectivity index (χ2n) is 2.79. The molecule has 0 heterocycles. The first-order valence-corrected chi connectivity index (χ1v) is 4.10. The maximum absolute atomic E-state index is 10.3. The lowest BCUT2D eigenvalue weighted by molar-refractivity contribution is -0.105. The van der Waals surface area contributed by atoms with E-state index in [0.29, 0.717) is 6.41 Å². The number of carbonyl (C=O) groups excluding carboxylic acids is 1. The average Bonchev–Trinajstić information content (AvgIpc) is 2.19. The van der Waals surface area contributed by atoms with E-state index in [-0.39, 0.29) is 1.43 Å². The van der Waals surface area contributed by atoms with Gasteiger partial charge in [0.25, 0.3) is 0 Å². The zero-order valence-corrected chi connectivity index (χ0v) is 7.03. The summed E-state index contributed by atoms with van der Waals surface area (Å²) in [5.74, 6) is 0. The summed E-state index contributed by atoms with van der Waals surface area (Å²) >= 11 is 0. The van der Waals surface area contributed by atoms with Crippen LogP contribution in [0.4, 0.5) is 5.69 Å². The third-order valence-corrected chi connectivity index (χ3v) is 2.00. The quantitative estimate of drug-likeness (QED) is 0.693. The Hall–Kier alpha value is -1.83. The highest BCUT2D eigenvalue weighted by Crippen LogP contribution is 2.21. The highest BCUT2D eigenvalue weighted by molar-refractivity contribution is 5.97. The van der Waals surface area contributed by atoms with E-state index in [9.17, 15) is 4.79 Å². The number of amides is 1. The van der Waals surface area contributed by atoms with Gasteiger partial charge in [0.2, 0.25) is 6.41 Å². The molecule has 2 rings (SSSR count). The third kappa shape index (κ3) is 1.38. The minimum Gasteiger partial charge on any atom is -0.328 e. The Morgan fingerprint density at radius 2 is 1.85 bits per heavy atom. The van der Waals surface area contributed by atoms with Crippen molar-refractivity contribution in [1.29, 1.82) is 0 Å².